The largest absolute Gasteiger partial charge is 0.394 e. The molecular formula is C15H14Br2FNO. The van der Waals surface area contributed by atoms with Gasteiger partial charge in [0.25, 0.3) is 0 Å². The number of anilines is 1. The minimum atomic E-state index is -0.715. The standard InChI is InChI=1S/C15H14Br2FNO/c1-15(9-20,13-6-5-11(18)8-14(13)17)19-12-4-2-3-10(16)7-12/h2-8,19-20H,9H2,1H3. The van der Waals surface area contributed by atoms with E-state index in [-0.39, 0.29) is 12.4 Å². The van der Waals surface area contributed by atoms with Gasteiger partial charge in [0.05, 0.1) is 12.1 Å². The number of hydrogen-bond acceptors (Lipinski definition) is 2. The quantitative estimate of drug-likeness (QED) is 0.778. The Morgan fingerprint density at radius 3 is 2.55 bits per heavy atom. The van der Waals surface area contributed by atoms with Crippen molar-refractivity contribution in [1.29, 1.82) is 0 Å². The normalized spacial score (nSPS) is 13.8. The molecule has 0 bridgehead atoms. The van der Waals surface area contributed by atoms with Crippen molar-refractivity contribution in [3.63, 3.8) is 0 Å². The SMILES string of the molecule is CC(CO)(Nc1cccc(Br)c1)c1ccc(F)cc1Br. The smallest absolute Gasteiger partial charge is 0.124 e. The van der Waals surface area contributed by atoms with Gasteiger partial charge in [0.2, 0.25) is 0 Å². The summed E-state index contributed by atoms with van der Waals surface area (Å²) in [7, 11) is 0. The molecule has 1 atom stereocenters. The van der Waals surface area contributed by atoms with E-state index in [9.17, 15) is 9.50 Å². The van der Waals surface area contributed by atoms with E-state index in [0.29, 0.717) is 4.47 Å². The van der Waals surface area contributed by atoms with Gasteiger partial charge in [-0.1, -0.05) is 44.0 Å². The van der Waals surface area contributed by atoms with E-state index in [4.69, 9.17) is 0 Å². The molecule has 0 amide bonds. The van der Waals surface area contributed by atoms with Gasteiger partial charge in [-0.2, -0.15) is 0 Å². The zero-order chi connectivity index (χ0) is 14.8. The number of aliphatic hydroxyl groups is 1. The highest BCUT2D eigenvalue weighted by molar-refractivity contribution is 9.10. The fourth-order valence-corrected chi connectivity index (χ4v) is 3.20. The van der Waals surface area contributed by atoms with Crippen molar-refractivity contribution in [3.8, 4) is 0 Å². The van der Waals surface area contributed by atoms with Crippen LogP contribution in [0.25, 0.3) is 0 Å². The van der Waals surface area contributed by atoms with E-state index in [2.05, 4.69) is 37.2 Å². The molecule has 0 aliphatic carbocycles. The summed E-state index contributed by atoms with van der Waals surface area (Å²) in [6, 6.07) is 12.1. The molecule has 2 nitrogen and oxygen atoms in total. The van der Waals surface area contributed by atoms with Crippen molar-refractivity contribution >= 4 is 37.5 Å². The predicted octanol–water partition coefficient (Wildman–Crippen LogP) is 4.67. The van der Waals surface area contributed by atoms with Crippen LogP contribution >= 0.6 is 31.9 Å². The zero-order valence-corrected chi connectivity index (χ0v) is 14.0. The van der Waals surface area contributed by atoms with Crippen LogP contribution in [0, 0.1) is 5.82 Å². The molecule has 2 aromatic carbocycles. The summed E-state index contributed by atoms with van der Waals surface area (Å²) in [4.78, 5) is 0. The average Bonchev–Trinajstić information content (AvgIpc) is 2.38. The third-order valence-corrected chi connectivity index (χ3v) is 4.24. The average molecular weight is 403 g/mol. The van der Waals surface area contributed by atoms with Gasteiger partial charge >= 0.3 is 0 Å². The molecule has 0 spiro atoms. The van der Waals surface area contributed by atoms with Crippen molar-refractivity contribution in [2.45, 2.75) is 12.5 Å². The van der Waals surface area contributed by atoms with E-state index in [1.54, 1.807) is 6.07 Å². The van der Waals surface area contributed by atoms with Gasteiger partial charge in [-0.3, -0.25) is 0 Å². The van der Waals surface area contributed by atoms with Crippen molar-refractivity contribution in [2.75, 3.05) is 11.9 Å². The first-order valence-electron chi connectivity index (χ1n) is 6.05. The fourth-order valence-electron chi connectivity index (χ4n) is 2.01. The lowest BCUT2D eigenvalue weighted by Gasteiger charge is -2.31. The van der Waals surface area contributed by atoms with Gasteiger partial charge in [0.1, 0.15) is 5.82 Å². The molecule has 2 aromatic rings. The summed E-state index contributed by atoms with van der Waals surface area (Å²) in [5, 5.41) is 13.1. The maximum atomic E-state index is 13.2. The van der Waals surface area contributed by atoms with Crippen LogP contribution in [0.3, 0.4) is 0 Å². The Balaban J connectivity index is 2.38. The Bertz CT molecular complexity index is 621. The Morgan fingerprint density at radius 1 is 1.20 bits per heavy atom. The Morgan fingerprint density at radius 2 is 1.95 bits per heavy atom. The molecule has 0 saturated carbocycles. The Kier molecular flexibility index (Phi) is 4.83. The molecule has 2 N–H and O–H groups in total. The highest BCUT2D eigenvalue weighted by Crippen LogP contribution is 2.32. The summed E-state index contributed by atoms with van der Waals surface area (Å²) in [6.07, 6.45) is 0. The molecule has 0 aromatic heterocycles. The molecule has 1 unspecified atom stereocenters. The lowest BCUT2D eigenvalue weighted by atomic mass is 9.92. The number of halogens is 3. The molecule has 20 heavy (non-hydrogen) atoms. The molecular weight excluding hydrogens is 389 g/mol. The molecule has 0 fully saturated rings. The third kappa shape index (κ3) is 3.40. The zero-order valence-electron chi connectivity index (χ0n) is 10.8. The lowest BCUT2D eigenvalue weighted by molar-refractivity contribution is 0.223. The minimum absolute atomic E-state index is 0.121. The number of benzene rings is 2. The van der Waals surface area contributed by atoms with Crippen LogP contribution in [0.4, 0.5) is 10.1 Å². The second kappa shape index (κ2) is 6.24. The van der Waals surface area contributed by atoms with E-state index in [1.807, 2.05) is 31.2 Å². The maximum absolute atomic E-state index is 13.2. The monoisotopic (exact) mass is 401 g/mol. The number of hydrogen-bond donors (Lipinski definition) is 2. The summed E-state index contributed by atoms with van der Waals surface area (Å²) in [5.74, 6) is -0.316. The molecule has 106 valence electrons. The van der Waals surface area contributed by atoms with Crippen molar-refractivity contribution in [1.82, 2.24) is 0 Å². The van der Waals surface area contributed by atoms with Gasteiger partial charge in [-0.05, 0) is 42.8 Å². The summed E-state index contributed by atoms with van der Waals surface area (Å²) >= 11 is 6.76. The predicted molar refractivity (Wildman–Crippen MR) is 86.3 cm³/mol. The van der Waals surface area contributed by atoms with Gasteiger partial charge < -0.3 is 10.4 Å². The van der Waals surface area contributed by atoms with Crippen LogP contribution in [-0.4, -0.2) is 11.7 Å². The van der Waals surface area contributed by atoms with E-state index in [1.165, 1.54) is 12.1 Å². The van der Waals surface area contributed by atoms with Crippen LogP contribution < -0.4 is 5.32 Å². The third-order valence-electron chi connectivity index (χ3n) is 3.09. The topological polar surface area (TPSA) is 32.3 Å². The highest BCUT2D eigenvalue weighted by Gasteiger charge is 2.28. The van der Waals surface area contributed by atoms with Crippen LogP contribution in [0.2, 0.25) is 0 Å². The maximum Gasteiger partial charge on any atom is 0.124 e. The molecule has 0 radical (unpaired) electrons. The van der Waals surface area contributed by atoms with Crippen LogP contribution in [0.1, 0.15) is 12.5 Å². The summed E-state index contributed by atoms with van der Waals surface area (Å²) < 4.78 is 14.8. The van der Waals surface area contributed by atoms with Gasteiger partial charge in [-0.25, -0.2) is 4.39 Å². The van der Waals surface area contributed by atoms with Crippen LogP contribution in [0.15, 0.2) is 51.4 Å². The number of rotatable bonds is 4. The summed E-state index contributed by atoms with van der Waals surface area (Å²) in [6.45, 7) is 1.75. The van der Waals surface area contributed by atoms with Crippen molar-refractivity contribution in [2.24, 2.45) is 0 Å². The molecule has 2 rings (SSSR count). The van der Waals surface area contributed by atoms with E-state index in [0.717, 1.165) is 15.7 Å². The molecule has 0 saturated heterocycles. The fraction of sp³-hybridized carbons (Fsp3) is 0.200. The molecule has 0 aliphatic rings. The molecule has 5 heteroatoms. The first-order chi connectivity index (χ1) is 9.44. The molecule has 0 aliphatic heterocycles. The van der Waals surface area contributed by atoms with E-state index < -0.39 is 5.54 Å². The Labute approximate surface area is 134 Å². The number of nitrogens with one attached hydrogen (secondary N) is 1. The second-order valence-corrected chi connectivity index (χ2v) is 6.52. The van der Waals surface area contributed by atoms with E-state index >= 15 is 0 Å². The molecule has 0 heterocycles. The minimum Gasteiger partial charge on any atom is -0.394 e. The second-order valence-electron chi connectivity index (χ2n) is 4.75. The first kappa shape index (κ1) is 15.5. The first-order valence-corrected chi connectivity index (χ1v) is 7.63. The summed E-state index contributed by atoms with van der Waals surface area (Å²) in [5.41, 5.74) is 0.946. The van der Waals surface area contributed by atoms with Crippen LogP contribution in [0.5, 0.6) is 0 Å². The van der Waals surface area contributed by atoms with Crippen LogP contribution in [-0.2, 0) is 5.54 Å². The van der Waals surface area contributed by atoms with Gasteiger partial charge in [-0.15, -0.1) is 0 Å². The lowest BCUT2D eigenvalue weighted by Crippen LogP contribution is -2.36. The van der Waals surface area contributed by atoms with Crippen molar-refractivity contribution in [3.05, 3.63) is 62.8 Å². The Hall–Kier alpha value is -0.910. The van der Waals surface area contributed by atoms with Crippen molar-refractivity contribution < 1.29 is 9.50 Å². The highest BCUT2D eigenvalue weighted by atomic mass is 79.9. The number of aliphatic hydroxyl groups excluding tert-OH is 1. The van der Waals surface area contributed by atoms with Gasteiger partial charge in [0.15, 0.2) is 0 Å². The van der Waals surface area contributed by atoms with Gasteiger partial charge in [0, 0.05) is 14.6 Å².